The van der Waals surface area contributed by atoms with E-state index in [1.54, 1.807) is 19.1 Å². The molecule has 3 aromatic rings. The number of para-hydroxylation sites is 2. The van der Waals surface area contributed by atoms with Crippen molar-refractivity contribution < 1.29 is 10.0 Å². The van der Waals surface area contributed by atoms with Crippen LogP contribution in [-0.2, 0) is 6.54 Å². The molecule has 0 saturated carbocycles. The minimum Gasteiger partial charge on any atom is -0.396 e. The summed E-state index contributed by atoms with van der Waals surface area (Å²) in [5.41, 5.74) is 3.21. The van der Waals surface area contributed by atoms with E-state index >= 15 is 0 Å². The molecule has 0 amide bonds. The van der Waals surface area contributed by atoms with Gasteiger partial charge in [-0.1, -0.05) is 24.3 Å². The van der Waals surface area contributed by atoms with Crippen molar-refractivity contribution in [1.29, 1.82) is 0 Å². The molecule has 0 radical (unpaired) electrons. The molecule has 2 aromatic carbocycles. The van der Waals surface area contributed by atoms with Crippen LogP contribution >= 0.6 is 0 Å². The average Bonchev–Trinajstić information content (AvgIpc) is 2.91. The highest BCUT2D eigenvalue weighted by Gasteiger charge is 2.17. The normalized spacial score (nSPS) is 11.0. The number of aromatic nitrogens is 2. The highest BCUT2D eigenvalue weighted by atomic mass is 16.6. The Hall–Kier alpha value is -2.73. The molecule has 1 heterocycles. The number of aliphatic hydroxyl groups is 1. The van der Waals surface area contributed by atoms with Crippen molar-refractivity contribution in [2.45, 2.75) is 19.9 Å². The lowest BCUT2D eigenvalue weighted by molar-refractivity contribution is -0.385. The number of rotatable bonds is 5. The van der Waals surface area contributed by atoms with E-state index in [4.69, 9.17) is 5.11 Å². The van der Waals surface area contributed by atoms with Crippen LogP contribution in [-0.4, -0.2) is 26.2 Å². The van der Waals surface area contributed by atoms with E-state index < -0.39 is 0 Å². The second-order valence-corrected chi connectivity index (χ2v) is 5.41. The highest BCUT2D eigenvalue weighted by molar-refractivity contribution is 5.81. The number of nitro groups is 1. The van der Waals surface area contributed by atoms with E-state index in [1.165, 1.54) is 0 Å². The summed E-state index contributed by atoms with van der Waals surface area (Å²) in [6.07, 6.45) is 0.599. The third kappa shape index (κ3) is 2.80. The zero-order valence-corrected chi connectivity index (χ0v) is 12.8. The van der Waals surface area contributed by atoms with Gasteiger partial charge >= 0.3 is 0 Å². The van der Waals surface area contributed by atoms with Gasteiger partial charge in [-0.25, -0.2) is 4.98 Å². The van der Waals surface area contributed by atoms with Crippen LogP contribution in [0.25, 0.3) is 22.4 Å². The van der Waals surface area contributed by atoms with Gasteiger partial charge in [-0.2, -0.15) is 0 Å². The van der Waals surface area contributed by atoms with E-state index in [0.29, 0.717) is 29.9 Å². The summed E-state index contributed by atoms with van der Waals surface area (Å²) in [6.45, 7) is 2.41. The molecule has 118 valence electrons. The van der Waals surface area contributed by atoms with Crippen molar-refractivity contribution in [3.8, 4) is 11.4 Å². The molecular formula is C17H17N3O3. The lowest BCUT2D eigenvalue weighted by atomic mass is 10.1. The van der Waals surface area contributed by atoms with Gasteiger partial charge in [0.2, 0.25) is 0 Å². The number of aliphatic hydroxyl groups excluding tert-OH is 1. The first-order chi connectivity index (χ1) is 11.1. The van der Waals surface area contributed by atoms with Gasteiger partial charge in [0, 0.05) is 30.3 Å². The zero-order valence-electron chi connectivity index (χ0n) is 12.8. The minimum absolute atomic E-state index is 0.0833. The molecular weight excluding hydrogens is 294 g/mol. The molecule has 6 nitrogen and oxygen atoms in total. The van der Waals surface area contributed by atoms with Gasteiger partial charge in [-0.15, -0.1) is 0 Å². The van der Waals surface area contributed by atoms with Crippen LogP contribution in [0.3, 0.4) is 0 Å². The predicted octanol–water partition coefficient (Wildman–Crippen LogP) is 3.30. The fraction of sp³-hybridized carbons (Fsp3) is 0.235. The largest absolute Gasteiger partial charge is 0.396 e. The topological polar surface area (TPSA) is 81.2 Å². The fourth-order valence-electron chi connectivity index (χ4n) is 2.70. The number of benzene rings is 2. The van der Waals surface area contributed by atoms with E-state index in [9.17, 15) is 10.1 Å². The molecule has 0 atom stereocenters. The lowest BCUT2D eigenvalue weighted by Crippen LogP contribution is -2.03. The van der Waals surface area contributed by atoms with E-state index in [1.807, 2.05) is 34.9 Å². The van der Waals surface area contributed by atoms with Crippen LogP contribution < -0.4 is 0 Å². The number of fused-ring (bicyclic) bond motifs is 1. The maximum absolute atomic E-state index is 11.2. The van der Waals surface area contributed by atoms with Crippen molar-refractivity contribution in [3.63, 3.8) is 0 Å². The second-order valence-electron chi connectivity index (χ2n) is 5.41. The van der Waals surface area contributed by atoms with Crippen LogP contribution in [0.2, 0.25) is 0 Å². The quantitative estimate of drug-likeness (QED) is 0.579. The summed E-state index contributed by atoms with van der Waals surface area (Å²) >= 11 is 0. The average molecular weight is 311 g/mol. The van der Waals surface area contributed by atoms with Crippen LogP contribution in [0.1, 0.15) is 12.0 Å². The van der Waals surface area contributed by atoms with Gasteiger partial charge in [0.25, 0.3) is 5.69 Å². The summed E-state index contributed by atoms with van der Waals surface area (Å²) in [6, 6.07) is 12.9. The molecule has 0 saturated heterocycles. The maximum Gasteiger partial charge on any atom is 0.273 e. The number of hydrogen-bond donors (Lipinski definition) is 1. The molecule has 0 aliphatic heterocycles. The second kappa shape index (κ2) is 6.18. The Morgan fingerprint density at radius 2 is 2.04 bits per heavy atom. The molecule has 1 aromatic heterocycles. The van der Waals surface area contributed by atoms with Crippen molar-refractivity contribution in [3.05, 3.63) is 58.1 Å². The summed E-state index contributed by atoms with van der Waals surface area (Å²) in [5.74, 6) is 0.683. The number of imidazole rings is 1. The van der Waals surface area contributed by atoms with Crippen LogP contribution in [0.4, 0.5) is 5.69 Å². The van der Waals surface area contributed by atoms with Crippen molar-refractivity contribution in [2.75, 3.05) is 6.61 Å². The molecule has 0 bridgehead atoms. The molecule has 0 spiro atoms. The van der Waals surface area contributed by atoms with Gasteiger partial charge in [0.1, 0.15) is 5.82 Å². The van der Waals surface area contributed by atoms with Gasteiger partial charge < -0.3 is 9.67 Å². The molecule has 0 unspecified atom stereocenters. The first kappa shape index (κ1) is 15.2. The predicted molar refractivity (Wildman–Crippen MR) is 88.3 cm³/mol. The SMILES string of the molecule is Cc1ccc(-c2nc3ccccc3n2CCCO)cc1[N+](=O)[O-]. The lowest BCUT2D eigenvalue weighted by Gasteiger charge is -2.09. The van der Waals surface area contributed by atoms with Crippen molar-refractivity contribution in [1.82, 2.24) is 9.55 Å². The Morgan fingerprint density at radius 1 is 1.26 bits per heavy atom. The summed E-state index contributed by atoms with van der Waals surface area (Å²) < 4.78 is 2.00. The Labute approximate surface area is 133 Å². The van der Waals surface area contributed by atoms with Gasteiger partial charge in [0.05, 0.1) is 16.0 Å². The van der Waals surface area contributed by atoms with Crippen LogP contribution in [0.5, 0.6) is 0 Å². The Balaban J connectivity index is 2.19. The number of nitrogens with zero attached hydrogens (tertiary/aromatic N) is 3. The monoisotopic (exact) mass is 311 g/mol. The molecule has 0 fully saturated rings. The Bertz CT molecular complexity index is 871. The third-order valence-corrected chi connectivity index (χ3v) is 3.86. The van der Waals surface area contributed by atoms with Gasteiger partial charge in [-0.05, 0) is 25.5 Å². The van der Waals surface area contributed by atoms with E-state index in [-0.39, 0.29) is 17.2 Å². The summed E-state index contributed by atoms with van der Waals surface area (Å²) in [4.78, 5) is 15.4. The molecule has 1 N–H and O–H groups in total. The first-order valence-corrected chi connectivity index (χ1v) is 7.43. The van der Waals surface area contributed by atoms with Crippen molar-refractivity contribution in [2.24, 2.45) is 0 Å². The maximum atomic E-state index is 11.2. The number of nitro benzene ring substituents is 1. The van der Waals surface area contributed by atoms with Crippen LogP contribution in [0.15, 0.2) is 42.5 Å². The molecule has 3 rings (SSSR count). The number of hydrogen-bond acceptors (Lipinski definition) is 4. The first-order valence-electron chi connectivity index (χ1n) is 7.43. The van der Waals surface area contributed by atoms with Gasteiger partial charge in [-0.3, -0.25) is 10.1 Å². The number of aryl methyl sites for hydroxylation is 2. The van der Waals surface area contributed by atoms with Gasteiger partial charge in [0.15, 0.2) is 0 Å². The van der Waals surface area contributed by atoms with E-state index in [0.717, 1.165) is 11.0 Å². The van der Waals surface area contributed by atoms with E-state index in [2.05, 4.69) is 4.98 Å². The zero-order chi connectivity index (χ0) is 16.4. The minimum atomic E-state index is -0.375. The van der Waals surface area contributed by atoms with Crippen molar-refractivity contribution >= 4 is 16.7 Å². The fourth-order valence-corrected chi connectivity index (χ4v) is 2.70. The van der Waals surface area contributed by atoms with Crippen LogP contribution in [0, 0.1) is 17.0 Å². The summed E-state index contributed by atoms with van der Waals surface area (Å²) in [7, 11) is 0. The standard InChI is InChI=1S/C17H17N3O3/c1-12-7-8-13(11-16(12)20(22)23)17-18-14-5-2-3-6-15(14)19(17)9-4-10-21/h2-3,5-8,11,21H,4,9-10H2,1H3. The molecule has 23 heavy (non-hydrogen) atoms. The molecule has 0 aliphatic rings. The highest BCUT2D eigenvalue weighted by Crippen LogP contribution is 2.29. The summed E-state index contributed by atoms with van der Waals surface area (Å²) in [5, 5.41) is 20.3. The molecule has 0 aliphatic carbocycles. The Morgan fingerprint density at radius 3 is 2.78 bits per heavy atom. The Kier molecular flexibility index (Phi) is 4.08. The smallest absolute Gasteiger partial charge is 0.273 e. The molecule has 6 heteroatoms. The third-order valence-electron chi connectivity index (χ3n) is 3.86.